The van der Waals surface area contributed by atoms with E-state index in [0.29, 0.717) is 0 Å². The van der Waals surface area contributed by atoms with E-state index in [9.17, 15) is 0 Å². The Morgan fingerprint density at radius 1 is 1.17 bits per heavy atom. The fourth-order valence-corrected chi connectivity index (χ4v) is 5.21. The monoisotopic (exact) mass is 395 g/mol. The molecule has 5 heteroatoms. The van der Waals surface area contributed by atoms with Crippen LogP contribution in [-0.2, 0) is 16.7 Å². The van der Waals surface area contributed by atoms with Crippen LogP contribution in [0.4, 0.5) is 0 Å². The van der Waals surface area contributed by atoms with Crippen molar-refractivity contribution in [3.63, 3.8) is 0 Å². The highest BCUT2D eigenvalue weighted by molar-refractivity contribution is 5.30. The summed E-state index contributed by atoms with van der Waals surface area (Å²) in [5.74, 6) is 0.849. The summed E-state index contributed by atoms with van der Waals surface area (Å²) in [6.45, 7) is 4.55. The molecular weight excluding hydrogens is 362 g/mol. The van der Waals surface area contributed by atoms with E-state index >= 15 is 0 Å². The van der Waals surface area contributed by atoms with Crippen molar-refractivity contribution in [1.29, 1.82) is 0 Å². The van der Waals surface area contributed by atoms with E-state index in [4.69, 9.17) is 14.5 Å². The van der Waals surface area contributed by atoms with Crippen molar-refractivity contribution >= 4 is 0 Å². The molecule has 1 spiro atoms. The molecule has 1 aliphatic carbocycles. The summed E-state index contributed by atoms with van der Waals surface area (Å²) >= 11 is 0. The fraction of sp³-hybridized carbons (Fsp3) is 0.583. The summed E-state index contributed by atoms with van der Waals surface area (Å²) in [4.78, 5) is 9.22. The van der Waals surface area contributed by atoms with E-state index in [1.807, 2.05) is 25.4 Å². The Morgan fingerprint density at radius 3 is 2.79 bits per heavy atom. The molecule has 1 N–H and O–H groups in total. The smallest absolute Gasteiger partial charge is 0.140 e. The molecule has 1 unspecified atom stereocenters. The average Bonchev–Trinajstić information content (AvgIpc) is 3.20. The van der Waals surface area contributed by atoms with Crippen molar-refractivity contribution in [1.82, 2.24) is 15.3 Å². The fourth-order valence-electron chi connectivity index (χ4n) is 5.21. The van der Waals surface area contributed by atoms with Crippen LogP contribution in [0.2, 0.25) is 0 Å². The number of nitrogens with one attached hydrogen (secondary N) is 1. The van der Waals surface area contributed by atoms with Gasteiger partial charge in [-0.25, -0.2) is 0 Å². The lowest BCUT2D eigenvalue weighted by Gasteiger charge is -2.46. The van der Waals surface area contributed by atoms with Gasteiger partial charge in [0.25, 0.3) is 0 Å². The van der Waals surface area contributed by atoms with Gasteiger partial charge in [0.2, 0.25) is 0 Å². The number of hydrogen-bond acceptors (Lipinski definition) is 5. The summed E-state index contributed by atoms with van der Waals surface area (Å²) in [7, 11) is 1.70. The van der Waals surface area contributed by atoms with Gasteiger partial charge in [0.1, 0.15) is 5.75 Å². The van der Waals surface area contributed by atoms with Gasteiger partial charge in [-0.15, -0.1) is 0 Å². The number of aromatic nitrogens is 2. The number of methoxy groups -OCH3 is 1. The molecule has 0 aromatic carbocycles. The molecule has 0 radical (unpaired) electrons. The molecule has 5 nitrogen and oxygen atoms in total. The minimum atomic E-state index is 0.0734. The van der Waals surface area contributed by atoms with Gasteiger partial charge in [0, 0.05) is 36.7 Å². The molecule has 3 heterocycles. The van der Waals surface area contributed by atoms with Crippen LogP contribution in [0.5, 0.6) is 5.75 Å². The molecule has 2 fully saturated rings. The van der Waals surface area contributed by atoms with Crippen LogP contribution in [0.3, 0.4) is 0 Å². The normalized spacial score (nSPS) is 23.4. The molecule has 1 atom stereocenters. The molecule has 2 aromatic heterocycles. The second-order valence-electron chi connectivity index (χ2n) is 8.72. The van der Waals surface area contributed by atoms with Crippen molar-refractivity contribution in [3.05, 3.63) is 53.6 Å². The Labute approximate surface area is 174 Å². The maximum absolute atomic E-state index is 6.35. The van der Waals surface area contributed by atoms with Crippen LogP contribution in [0.1, 0.15) is 61.9 Å². The van der Waals surface area contributed by atoms with Crippen LogP contribution in [0.25, 0.3) is 0 Å². The molecule has 0 amide bonds. The molecule has 0 bridgehead atoms. The topological polar surface area (TPSA) is 56.3 Å². The SMILES string of the molecule is COc1cc(CNCCC2(c3ccccn3)CCOC3(CCCC3)C2)cnc1C. The second kappa shape index (κ2) is 8.80. The Kier molecular flexibility index (Phi) is 6.16. The van der Waals surface area contributed by atoms with Gasteiger partial charge < -0.3 is 14.8 Å². The van der Waals surface area contributed by atoms with Crippen LogP contribution < -0.4 is 10.1 Å². The van der Waals surface area contributed by atoms with Crippen LogP contribution in [0.15, 0.2) is 36.7 Å². The van der Waals surface area contributed by atoms with Crippen molar-refractivity contribution in [2.24, 2.45) is 0 Å². The third-order valence-electron chi connectivity index (χ3n) is 6.80. The zero-order chi connectivity index (χ0) is 20.2. The Balaban J connectivity index is 1.44. The van der Waals surface area contributed by atoms with Gasteiger partial charge >= 0.3 is 0 Å². The first-order valence-corrected chi connectivity index (χ1v) is 10.9. The average molecular weight is 396 g/mol. The Morgan fingerprint density at radius 2 is 2.03 bits per heavy atom. The first kappa shape index (κ1) is 20.3. The highest BCUT2D eigenvalue weighted by Crippen LogP contribution is 2.49. The van der Waals surface area contributed by atoms with Crippen LogP contribution >= 0.6 is 0 Å². The summed E-state index contributed by atoms with van der Waals surface area (Å²) < 4.78 is 11.7. The van der Waals surface area contributed by atoms with Crippen molar-refractivity contribution in [2.45, 2.75) is 69.4 Å². The predicted molar refractivity (Wildman–Crippen MR) is 114 cm³/mol. The number of rotatable bonds is 7. The molecule has 2 aromatic rings. The zero-order valence-electron chi connectivity index (χ0n) is 17.7. The maximum atomic E-state index is 6.35. The first-order chi connectivity index (χ1) is 14.1. The first-order valence-electron chi connectivity index (χ1n) is 10.9. The third kappa shape index (κ3) is 4.46. The van der Waals surface area contributed by atoms with Gasteiger partial charge in [-0.05, 0) is 69.3 Å². The molecule has 1 saturated carbocycles. The molecule has 1 aliphatic heterocycles. The Bertz CT molecular complexity index is 805. The van der Waals surface area contributed by atoms with E-state index in [1.165, 1.54) is 31.4 Å². The quantitative estimate of drug-likeness (QED) is 0.707. The van der Waals surface area contributed by atoms with Gasteiger partial charge in [0.05, 0.1) is 18.4 Å². The predicted octanol–water partition coefficient (Wildman–Crippen LogP) is 4.33. The molecule has 29 heavy (non-hydrogen) atoms. The lowest BCUT2D eigenvalue weighted by Crippen LogP contribution is -2.47. The minimum Gasteiger partial charge on any atom is -0.495 e. The van der Waals surface area contributed by atoms with Crippen LogP contribution in [0, 0.1) is 6.92 Å². The van der Waals surface area contributed by atoms with Crippen molar-refractivity contribution in [3.8, 4) is 5.75 Å². The number of ether oxygens (including phenoxy) is 2. The summed E-state index contributed by atoms with van der Waals surface area (Å²) in [6.07, 6.45) is 12.1. The molecule has 1 saturated heterocycles. The number of pyridine rings is 2. The lowest BCUT2D eigenvalue weighted by atomic mass is 9.68. The van der Waals surface area contributed by atoms with Crippen molar-refractivity contribution in [2.75, 3.05) is 20.3 Å². The molecule has 2 aliphatic rings. The van der Waals surface area contributed by atoms with Gasteiger partial charge in [-0.3, -0.25) is 9.97 Å². The van der Waals surface area contributed by atoms with E-state index < -0.39 is 0 Å². The largest absolute Gasteiger partial charge is 0.495 e. The number of hydrogen-bond donors (Lipinski definition) is 1. The maximum Gasteiger partial charge on any atom is 0.140 e. The molecule has 156 valence electrons. The molecule has 4 rings (SSSR count). The summed E-state index contributed by atoms with van der Waals surface area (Å²) in [5.41, 5.74) is 3.48. The van der Waals surface area contributed by atoms with E-state index in [1.54, 1.807) is 7.11 Å². The van der Waals surface area contributed by atoms with Crippen molar-refractivity contribution < 1.29 is 9.47 Å². The van der Waals surface area contributed by atoms with E-state index in [0.717, 1.165) is 56.0 Å². The third-order valence-corrected chi connectivity index (χ3v) is 6.80. The standard InChI is InChI=1S/C24H33N3O2/c1-19-21(28-2)15-20(17-27-19)16-25-13-10-23(22-7-3-6-12-26-22)11-14-29-24(18-23)8-4-5-9-24/h3,6-7,12,15,17,25H,4-5,8-11,13-14,16,18H2,1-2H3. The number of aryl methyl sites for hydroxylation is 1. The van der Waals surface area contributed by atoms with E-state index in [-0.39, 0.29) is 11.0 Å². The van der Waals surface area contributed by atoms with Gasteiger partial charge in [-0.2, -0.15) is 0 Å². The zero-order valence-corrected chi connectivity index (χ0v) is 17.7. The summed E-state index contributed by atoms with van der Waals surface area (Å²) in [5, 5.41) is 3.63. The van der Waals surface area contributed by atoms with E-state index in [2.05, 4.69) is 28.5 Å². The Hall–Kier alpha value is -1.98. The second-order valence-corrected chi connectivity index (χ2v) is 8.72. The minimum absolute atomic E-state index is 0.0734. The highest BCUT2D eigenvalue weighted by atomic mass is 16.5. The highest BCUT2D eigenvalue weighted by Gasteiger charge is 2.48. The van der Waals surface area contributed by atoms with Gasteiger partial charge in [0.15, 0.2) is 0 Å². The van der Waals surface area contributed by atoms with Gasteiger partial charge in [-0.1, -0.05) is 18.9 Å². The molecular formula is C24H33N3O2. The number of nitrogens with zero attached hydrogens (tertiary/aromatic N) is 2. The van der Waals surface area contributed by atoms with Crippen LogP contribution in [-0.4, -0.2) is 35.8 Å². The summed E-state index contributed by atoms with van der Waals surface area (Å²) in [6, 6.07) is 8.42. The lowest BCUT2D eigenvalue weighted by molar-refractivity contribution is -0.104.